The van der Waals surface area contributed by atoms with Crippen molar-refractivity contribution in [3.63, 3.8) is 0 Å². The van der Waals surface area contributed by atoms with Crippen LogP contribution in [0.25, 0.3) is 16.7 Å². The molecule has 0 radical (unpaired) electrons. The van der Waals surface area contributed by atoms with Crippen LogP contribution in [0.5, 0.6) is 0 Å². The molecule has 1 aromatic carbocycles. The van der Waals surface area contributed by atoms with Crippen molar-refractivity contribution in [2.75, 3.05) is 31.2 Å². The highest BCUT2D eigenvalue weighted by molar-refractivity contribution is 5.86. The van der Waals surface area contributed by atoms with Crippen molar-refractivity contribution in [2.45, 2.75) is 31.6 Å². The maximum absolute atomic E-state index is 9.98. The Hall–Kier alpha value is -2.29. The molecule has 2 aliphatic rings. The van der Waals surface area contributed by atoms with Crippen molar-refractivity contribution < 1.29 is 4.74 Å². The van der Waals surface area contributed by atoms with Gasteiger partial charge in [0.25, 0.3) is 0 Å². The number of rotatable bonds is 2. The van der Waals surface area contributed by atoms with Gasteiger partial charge in [-0.2, -0.15) is 5.26 Å². The predicted molar refractivity (Wildman–Crippen MR) is 109 cm³/mol. The van der Waals surface area contributed by atoms with E-state index >= 15 is 0 Å². The van der Waals surface area contributed by atoms with Crippen LogP contribution >= 0.6 is 12.4 Å². The maximum atomic E-state index is 9.98. The first-order valence-electron chi connectivity index (χ1n) is 9.53. The molecule has 3 aromatic rings. The van der Waals surface area contributed by atoms with Crippen LogP contribution in [-0.2, 0) is 4.74 Å². The normalized spacial score (nSPS) is 18.0. The molecular weight excluding hydrogens is 360 g/mol. The molecule has 0 unspecified atom stereocenters. The predicted octanol–water partition coefficient (Wildman–Crippen LogP) is 4.28. The van der Waals surface area contributed by atoms with Gasteiger partial charge in [-0.15, -0.1) is 12.4 Å². The molecular formula is C21H23ClN4O. The molecule has 2 aromatic heterocycles. The van der Waals surface area contributed by atoms with Gasteiger partial charge in [-0.3, -0.25) is 4.40 Å². The Balaban J connectivity index is 0.00000180. The molecule has 5 nitrogen and oxygen atoms in total. The van der Waals surface area contributed by atoms with Gasteiger partial charge in [0.05, 0.1) is 16.6 Å². The summed E-state index contributed by atoms with van der Waals surface area (Å²) in [4.78, 5) is 7.31. The molecule has 0 N–H and O–H groups in total. The maximum Gasteiger partial charge on any atom is 0.157 e. The SMILES string of the molecule is Cl.N#Cc1c(C2CCOCC2)cc(N2CCCC2)n2c1nc1ccccc12. The molecule has 0 saturated carbocycles. The number of anilines is 1. The molecule has 0 aliphatic carbocycles. The van der Waals surface area contributed by atoms with Gasteiger partial charge in [-0.05, 0) is 55.4 Å². The van der Waals surface area contributed by atoms with E-state index < -0.39 is 0 Å². The highest BCUT2D eigenvalue weighted by atomic mass is 35.5. The third-order valence-corrected chi connectivity index (χ3v) is 5.79. The second-order valence-electron chi connectivity index (χ2n) is 7.29. The molecule has 0 bridgehead atoms. The number of pyridine rings is 1. The summed E-state index contributed by atoms with van der Waals surface area (Å²) in [7, 11) is 0. The van der Waals surface area contributed by atoms with Crippen molar-refractivity contribution in [3.05, 3.63) is 41.5 Å². The number of hydrogen-bond donors (Lipinski definition) is 0. The lowest BCUT2D eigenvalue weighted by molar-refractivity contribution is 0.0853. The van der Waals surface area contributed by atoms with Crippen LogP contribution in [0.1, 0.15) is 42.7 Å². The molecule has 4 heterocycles. The number of para-hydroxylation sites is 2. The molecule has 27 heavy (non-hydrogen) atoms. The van der Waals surface area contributed by atoms with Crippen molar-refractivity contribution >= 4 is 34.9 Å². The molecule has 5 rings (SSSR count). The molecule has 2 saturated heterocycles. The first kappa shape index (κ1) is 18.1. The van der Waals surface area contributed by atoms with E-state index in [1.807, 2.05) is 18.2 Å². The van der Waals surface area contributed by atoms with Gasteiger partial charge in [0.1, 0.15) is 11.9 Å². The second kappa shape index (κ2) is 7.38. The van der Waals surface area contributed by atoms with E-state index in [1.54, 1.807) is 0 Å². The number of nitrogens with zero attached hydrogens (tertiary/aromatic N) is 4. The summed E-state index contributed by atoms with van der Waals surface area (Å²) >= 11 is 0. The van der Waals surface area contributed by atoms with E-state index in [0.717, 1.165) is 67.0 Å². The Labute approximate surface area is 165 Å². The summed E-state index contributed by atoms with van der Waals surface area (Å²) in [6, 6.07) is 12.9. The van der Waals surface area contributed by atoms with Gasteiger partial charge in [-0.1, -0.05) is 12.1 Å². The lowest BCUT2D eigenvalue weighted by atomic mass is 9.89. The minimum atomic E-state index is 0. The van der Waals surface area contributed by atoms with Crippen molar-refractivity contribution in [1.82, 2.24) is 9.38 Å². The fourth-order valence-corrected chi connectivity index (χ4v) is 4.45. The van der Waals surface area contributed by atoms with Gasteiger partial charge >= 0.3 is 0 Å². The minimum Gasteiger partial charge on any atom is -0.381 e. The van der Waals surface area contributed by atoms with E-state index in [9.17, 15) is 5.26 Å². The van der Waals surface area contributed by atoms with Crippen LogP contribution in [0.4, 0.5) is 5.82 Å². The third-order valence-electron chi connectivity index (χ3n) is 5.79. The first-order valence-corrected chi connectivity index (χ1v) is 9.53. The summed E-state index contributed by atoms with van der Waals surface area (Å²) in [5.41, 5.74) is 4.73. The number of nitriles is 1. The molecule has 140 valence electrons. The Bertz CT molecular complexity index is 1010. The summed E-state index contributed by atoms with van der Waals surface area (Å²) in [6.07, 6.45) is 4.40. The van der Waals surface area contributed by atoms with Crippen LogP contribution in [0.3, 0.4) is 0 Å². The van der Waals surface area contributed by atoms with Crippen molar-refractivity contribution in [3.8, 4) is 6.07 Å². The molecule has 6 heteroatoms. The van der Waals surface area contributed by atoms with E-state index in [4.69, 9.17) is 9.72 Å². The molecule has 0 amide bonds. The summed E-state index contributed by atoms with van der Waals surface area (Å²) in [5.74, 6) is 1.57. The van der Waals surface area contributed by atoms with Crippen LogP contribution < -0.4 is 4.90 Å². The van der Waals surface area contributed by atoms with E-state index in [0.29, 0.717) is 5.92 Å². The average Bonchev–Trinajstić information content (AvgIpc) is 3.35. The second-order valence-corrected chi connectivity index (χ2v) is 7.29. The molecule has 0 atom stereocenters. The zero-order valence-electron chi connectivity index (χ0n) is 15.2. The standard InChI is InChI=1S/C21H22N4O.ClH/c22-14-17-16(15-7-11-26-12-8-15)13-20(24-9-3-4-10-24)25-19-6-2-1-5-18(19)23-21(17)25;/h1-2,5-6,13,15H,3-4,7-12H2;1H. The number of ether oxygens (including phenoxy) is 1. The monoisotopic (exact) mass is 382 g/mol. The number of halogens is 1. The number of hydrogen-bond acceptors (Lipinski definition) is 4. The largest absolute Gasteiger partial charge is 0.381 e. The summed E-state index contributed by atoms with van der Waals surface area (Å²) < 4.78 is 7.74. The zero-order chi connectivity index (χ0) is 17.5. The number of fused-ring (bicyclic) bond motifs is 3. The van der Waals surface area contributed by atoms with Crippen LogP contribution in [0, 0.1) is 11.3 Å². The minimum absolute atomic E-state index is 0. The zero-order valence-corrected chi connectivity index (χ0v) is 16.0. The molecule has 2 aliphatic heterocycles. The van der Waals surface area contributed by atoms with Gasteiger partial charge in [0.2, 0.25) is 0 Å². The van der Waals surface area contributed by atoms with E-state index in [1.165, 1.54) is 18.7 Å². The number of imidazole rings is 1. The summed E-state index contributed by atoms with van der Waals surface area (Å²) in [6.45, 7) is 3.69. The third kappa shape index (κ3) is 2.93. The fourth-order valence-electron chi connectivity index (χ4n) is 4.45. The van der Waals surface area contributed by atoms with Gasteiger partial charge in [-0.25, -0.2) is 4.98 Å². The quantitative estimate of drug-likeness (QED) is 0.664. The van der Waals surface area contributed by atoms with Gasteiger partial charge in [0.15, 0.2) is 5.65 Å². The summed E-state index contributed by atoms with van der Waals surface area (Å²) in [5, 5.41) is 9.98. The Morgan fingerprint density at radius 3 is 2.59 bits per heavy atom. The fraction of sp³-hybridized carbons (Fsp3) is 0.429. The highest BCUT2D eigenvalue weighted by Crippen LogP contribution is 2.36. The van der Waals surface area contributed by atoms with Crippen LogP contribution in [0.15, 0.2) is 30.3 Å². The van der Waals surface area contributed by atoms with E-state index in [-0.39, 0.29) is 12.4 Å². The van der Waals surface area contributed by atoms with Crippen LogP contribution in [-0.4, -0.2) is 35.7 Å². The topological polar surface area (TPSA) is 53.6 Å². The average molecular weight is 383 g/mol. The Morgan fingerprint density at radius 2 is 1.85 bits per heavy atom. The van der Waals surface area contributed by atoms with Crippen molar-refractivity contribution in [1.29, 1.82) is 5.26 Å². The smallest absolute Gasteiger partial charge is 0.157 e. The highest BCUT2D eigenvalue weighted by Gasteiger charge is 2.26. The van der Waals surface area contributed by atoms with Crippen LogP contribution in [0.2, 0.25) is 0 Å². The van der Waals surface area contributed by atoms with E-state index in [2.05, 4.69) is 27.5 Å². The Kier molecular flexibility index (Phi) is 4.94. The lowest BCUT2D eigenvalue weighted by Gasteiger charge is -2.26. The van der Waals surface area contributed by atoms with Gasteiger partial charge in [0, 0.05) is 26.3 Å². The number of aromatic nitrogens is 2. The first-order chi connectivity index (χ1) is 12.9. The molecule has 2 fully saturated rings. The molecule has 0 spiro atoms. The Morgan fingerprint density at radius 1 is 1.11 bits per heavy atom. The lowest BCUT2D eigenvalue weighted by Crippen LogP contribution is -2.22. The van der Waals surface area contributed by atoms with Crippen molar-refractivity contribution in [2.24, 2.45) is 0 Å². The van der Waals surface area contributed by atoms with Gasteiger partial charge < -0.3 is 9.64 Å². The number of benzene rings is 1.